The number of carbonyl (C=O) groups excluding carboxylic acids is 2. The lowest BCUT2D eigenvalue weighted by atomic mass is 9.92. The van der Waals surface area contributed by atoms with E-state index in [0.29, 0.717) is 23.1 Å². The molecule has 1 aromatic heterocycles. The highest BCUT2D eigenvalue weighted by molar-refractivity contribution is 6.32. The number of halogens is 1. The molecule has 0 aliphatic rings. The van der Waals surface area contributed by atoms with Crippen LogP contribution in [0, 0.1) is 5.92 Å². The van der Waals surface area contributed by atoms with Crippen LogP contribution in [0.4, 0.5) is 5.82 Å². The molecule has 33 heavy (non-hydrogen) atoms. The number of rotatable bonds is 7. The molecule has 7 heteroatoms. The summed E-state index contributed by atoms with van der Waals surface area (Å²) in [5.74, 6) is -0.0880. The van der Waals surface area contributed by atoms with Crippen LogP contribution in [0.3, 0.4) is 0 Å². The third-order valence-corrected chi connectivity index (χ3v) is 5.50. The SMILES string of the molecule is CC(C)C(=O)N(CC(=O)Nc1cc(C(C)(C)C)nn1-c1ccccc1Cl)Cc1ccccc1. The summed E-state index contributed by atoms with van der Waals surface area (Å²) in [5.41, 5.74) is 2.23. The molecule has 2 aromatic carbocycles. The lowest BCUT2D eigenvalue weighted by Crippen LogP contribution is -2.39. The van der Waals surface area contributed by atoms with Crippen molar-refractivity contribution in [1.29, 1.82) is 0 Å². The Morgan fingerprint density at radius 1 is 1.06 bits per heavy atom. The molecule has 0 radical (unpaired) electrons. The summed E-state index contributed by atoms with van der Waals surface area (Å²) in [5, 5.41) is 8.19. The molecule has 174 valence electrons. The van der Waals surface area contributed by atoms with Gasteiger partial charge in [0.15, 0.2) is 0 Å². The second-order valence-corrected chi connectivity index (χ2v) is 9.82. The fourth-order valence-electron chi connectivity index (χ4n) is 3.38. The third kappa shape index (κ3) is 6.23. The normalized spacial score (nSPS) is 11.5. The minimum absolute atomic E-state index is 0.0650. The summed E-state index contributed by atoms with van der Waals surface area (Å²) in [6, 6.07) is 18.9. The Hall–Kier alpha value is -3.12. The summed E-state index contributed by atoms with van der Waals surface area (Å²) in [7, 11) is 0. The summed E-state index contributed by atoms with van der Waals surface area (Å²) in [4.78, 5) is 27.5. The monoisotopic (exact) mass is 466 g/mol. The van der Waals surface area contributed by atoms with Crippen LogP contribution in [0.5, 0.6) is 0 Å². The molecule has 0 fully saturated rings. The van der Waals surface area contributed by atoms with E-state index in [2.05, 4.69) is 26.1 Å². The van der Waals surface area contributed by atoms with Gasteiger partial charge in [-0.2, -0.15) is 5.10 Å². The van der Waals surface area contributed by atoms with Gasteiger partial charge in [-0.3, -0.25) is 9.59 Å². The predicted octanol–water partition coefficient (Wildman–Crippen LogP) is 5.45. The average Bonchev–Trinajstić information content (AvgIpc) is 3.17. The molecule has 0 saturated carbocycles. The highest BCUT2D eigenvalue weighted by atomic mass is 35.5. The minimum Gasteiger partial charge on any atom is -0.329 e. The van der Waals surface area contributed by atoms with Gasteiger partial charge in [-0.15, -0.1) is 0 Å². The van der Waals surface area contributed by atoms with Gasteiger partial charge in [0.1, 0.15) is 12.4 Å². The van der Waals surface area contributed by atoms with Gasteiger partial charge in [-0.25, -0.2) is 4.68 Å². The highest BCUT2D eigenvalue weighted by Crippen LogP contribution is 2.29. The van der Waals surface area contributed by atoms with Crippen LogP contribution in [-0.2, 0) is 21.5 Å². The summed E-state index contributed by atoms with van der Waals surface area (Å²) in [6.07, 6.45) is 0. The smallest absolute Gasteiger partial charge is 0.245 e. The van der Waals surface area contributed by atoms with E-state index in [9.17, 15) is 9.59 Å². The number of anilines is 1. The Kier molecular flexibility index (Phi) is 7.59. The van der Waals surface area contributed by atoms with Gasteiger partial charge < -0.3 is 10.2 Å². The van der Waals surface area contributed by atoms with Crippen LogP contribution >= 0.6 is 11.6 Å². The molecule has 3 aromatic rings. The predicted molar refractivity (Wildman–Crippen MR) is 133 cm³/mol. The van der Waals surface area contributed by atoms with Crippen molar-refractivity contribution < 1.29 is 9.59 Å². The second kappa shape index (κ2) is 10.2. The maximum Gasteiger partial charge on any atom is 0.245 e. The maximum atomic E-state index is 13.1. The Balaban J connectivity index is 1.88. The summed E-state index contributed by atoms with van der Waals surface area (Å²) >= 11 is 6.42. The fraction of sp³-hybridized carbons (Fsp3) is 0.346. The first-order valence-electron chi connectivity index (χ1n) is 11.0. The molecule has 6 nitrogen and oxygen atoms in total. The fourth-order valence-corrected chi connectivity index (χ4v) is 3.60. The molecule has 0 saturated heterocycles. The highest BCUT2D eigenvalue weighted by Gasteiger charge is 2.24. The van der Waals surface area contributed by atoms with Crippen molar-refractivity contribution in [3.05, 3.63) is 76.9 Å². The van der Waals surface area contributed by atoms with Gasteiger partial charge in [0.2, 0.25) is 11.8 Å². The van der Waals surface area contributed by atoms with E-state index >= 15 is 0 Å². The first-order chi connectivity index (χ1) is 15.6. The number of carbonyl (C=O) groups is 2. The van der Waals surface area contributed by atoms with Crippen molar-refractivity contribution in [3.63, 3.8) is 0 Å². The first kappa shape index (κ1) is 24.5. The van der Waals surface area contributed by atoms with Crippen LogP contribution in [0.25, 0.3) is 5.69 Å². The van der Waals surface area contributed by atoms with E-state index in [1.54, 1.807) is 15.6 Å². The van der Waals surface area contributed by atoms with E-state index in [1.807, 2.05) is 68.4 Å². The maximum absolute atomic E-state index is 13.1. The van der Waals surface area contributed by atoms with Crippen molar-refractivity contribution in [2.24, 2.45) is 5.92 Å². The Morgan fingerprint density at radius 2 is 1.70 bits per heavy atom. The molecular formula is C26H31ClN4O2. The van der Waals surface area contributed by atoms with Gasteiger partial charge in [0, 0.05) is 23.9 Å². The van der Waals surface area contributed by atoms with Crippen LogP contribution in [-0.4, -0.2) is 33.0 Å². The van der Waals surface area contributed by atoms with E-state index in [4.69, 9.17) is 16.7 Å². The number of nitrogens with zero attached hydrogens (tertiary/aromatic N) is 3. The molecule has 2 amide bonds. The quantitative estimate of drug-likeness (QED) is 0.503. The van der Waals surface area contributed by atoms with Gasteiger partial charge in [0.05, 0.1) is 16.4 Å². The van der Waals surface area contributed by atoms with Crippen molar-refractivity contribution >= 4 is 29.2 Å². The lowest BCUT2D eigenvalue weighted by Gasteiger charge is -2.24. The zero-order valence-corrected chi connectivity index (χ0v) is 20.6. The Bertz CT molecular complexity index is 1120. The van der Waals surface area contributed by atoms with E-state index < -0.39 is 0 Å². The standard InChI is InChI=1S/C26H31ClN4O2/c1-18(2)25(33)30(16-19-11-7-6-8-12-19)17-24(32)28-23-15-22(26(3,4)5)29-31(23)21-14-10-9-13-20(21)27/h6-15,18H,16-17H2,1-5H3,(H,28,32). The number of benzene rings is 2. The number of nitrogens with one attached hydrogen (secondary N) is 1. The zero-order chi connectivity index (χ0) is 24.2. The third-order valence-electron chi connectivity index (χ3n) is 5.18. The summed E-state index contributed by atoms with van der Waals surface area (Å²) < 4.78 is 1.65. The Morgan fingerprint density at radius 3 is 2.30 bits per heavy atom. The van der Waals surface area contributed by atoms with Crippen LogP contribution in [0.15, 0.2) is 60.7 Å². The van der Waals surface area contributed by atoms with E-state index in [1.165, 1.54) is 0 Å². The minimum atomic E-state index is -0.298. The van der Waals surface area contributed by atoms with Crippen molar-refractivity contribution in [3.8, 4) is 5.69 Å². The lowest BCUT2D eigenvalue weighted by molar-refractivity contribution is -0.138. The Labute approximate surface area is 200 Å². The molecule has 0 spiro atoms. The topological polar surface area (TPSA) is 67.2 Å². The van der Waals surface area contributed by atoms with E-state index in [-0.39, 0.29) is 29.7 Å². The van der Waals surface area contributed by atoms with Gasteiger partial charge in [0.25, 0.3) is 0 Å². The number of hydrogen-bond acceptors (Lipinski definition) is 3. The number of amides is 2. The molecule has 0 unspecified atom stereocenters. The van der Waals surface area contributed by atoms with Crippen LogP contribution in [0.2, 0.25) is 5.02 Å². The largest absolute Gasteiger partial charge is 0.329 e. The molecule has 1 N–H and O–H groups in total. The number of aromatic nitrogens is 2. The van der Waals surface area contributed by atoms with Crippen LogP contribution in [0.1, 0.15) is 45.9 Å². The van der Waals surface area contributed by atoms with Gasteiger partial charge in [-0.05, 0) is 17.7 Å². The molecule has 0 aliphatic carbocycles. The first-order valence-corrected chi connectivity index (χ1v) is 11.4. The molecule has 0 bridgehead atoms. The molecule has 3 rings (SSSR count). The molecular weight excluding hydrogens is 436 g/mol. The van der Waals surface area contributed by atoms with Crippen LogP contribution < -0.4 is 5.32 Å². The average molecular weight is 467 g/mol. The van der Waals surface area contributed by atoms with Crippen molar-refractivity contribution in [2.75, 3.05) is 11.9 Å². The second-order valence-electron chi connectivity index (χ2n) is 9.41. The van der Waals surface area contributed by atoms with Gasteiger partial charge in [-0.1, -0.05) is 88.7 Å². The van der Waals surface area contributed by atoms with Crippen molar-refractivity contribution in [2.45, 2.75) is 46.6 Å². The summed E-state index contributed by atoms with van der Waals surface area (Å²) in [6.45, 7) is 10.1. The molecule has 1 heterocycles. The zero-order valence-electron chi connectivity index (χ0n) is 19.8. The number of para-hydroxylation sites is 1. The molecule has 0 atom stereocenters. The van der Waals surface area contributed by atoms with E-state index in [0.717, 1.165) is 11.3 Å². The van der Waals surface area contributed by atoms with Gasteiger partial charge >= 0.3 is 0 Å². The molecule has 0 aliphatic heterocycles. The number of hydrogen-bond donors (Lipinski definition) is 1. The van der Waals surface area contributed by atoms with Crippen molar-refractivity contribution in [1.82, 2.24) is 14.7 Å².